The highest BCUT2D eigenvalue weighted by Crippen LogP contribution is 2.36. The lowest BCUT2D eigenvalue weighted by Gasteiger charge is -2.17. The topological polar surface area (TPSA) is 109 Å². The number of rotatable bonds is 7. The Morgan fingerprint density at radius 2 is 1.74 bits per heavy atom. The third-order valence-corrected chi connectivity index (χ3v) is 5.58. The fraction of sp³-hybridized carbons (Fsp3) is 0.0741. The van der Waals surface area contributed by atoms with Crippen molar-refractivity contribution in [3.05, 3.63) is 107 Å². The first-order valence-electron chi connectivity index (χ1n) is 10.6. The van der Waals surface area contributed by atoms with Crippen LogP contribution in [-0.4, -0.2) is 27.2 Å². The summed E-state index contributed by atoms with van der Waals surface area (Å²) in [5.74, 6) is -2.25. The van der Waals surface area contributed by atoms with Crippen LogP contribution < -0.4 is 5.73 Å². The predicted octanol–water partition coefficient (Wildman–Crippen LogP) is 5.27. The van der Waals surface area contributed by atoms with Gasteiger partial charge >= 0.3 is 5.97 Å². The molecule has 1 aromatic heterocycles. The van der Waals surface area contributed by atoms with E-state index in [1.54, 1.807) is 12.3 Å². The van der Waals surface area contributed by atoms with Crippen molar-refractivity contribution in [2.75, 3.05) is 0 Å². The molecule has 0 atom stereocenters. The molecule has 0 aliphatic rings. The van der Waals surface area contributed by atoms with Crippen molar-refractivity contribution < 1.29 is 19.1 Å². The van der Waals surface area contributed by atoms with Crippen molar-refractivity contribution in [1.82, 2.24) is 10.2 Å². The van der Waals surface area contributed by atoms with E-state index in [2.05, 4.69) is 10.2 Å². The molecule has 7 heteroatoms. The highest BCUT2D eigenvalue weighted by molar-refractivity contribution is 6.01. The van der Waals surface area contributed by atoms with Gasteiger partial charge in [0, 0.05) is 22.6 Å². The van der Waals surface area contributed by atoms with Gasteiger partial charge in [-0.2, -0.15) is 5.10 Å². The van der Waals surface area contributed by atoms with Crippen LogP contribution in [0.25, 0.3) is 28.1 Å². The molecule has 170 valence electrons. The summed E-state index contributed by atoms with van der Waals surface area (Å²) >= 11 is 0. The molecule has 0 radical (unpaired) electrons. The average molecular weight is 455 g/mol. The van der Waals surface area contributed by atoms with Crippen LogP contribution >= 0.6 is 0 Å². The molecular formula is C27H22FN3O3. The fourth-order valence-corrected chi connectivity index (χ4v) is 3.96. The van der Waals surface area contributed by atoms with E-state index in [9.17, 15) is 9.59 Å². The summed E-state index contributed by atoms with van der Waals surface area (Å²) in [5.41, 5.74) is 10.7. The van der Waals surface area contributed by atoms with Crippen molar-refractivity contribution in [3.63, 3.8) is 0 Å². The lowest BCUT2D eigenvalue weighted by atomic mass is 9.87. The zero-order valence-electron chi connectivity index (χ0n) is 18.4. The normalized spacial score (nSPS) is 12.2. The molecule has 0 saturated carbocycles. The molecule has 1 amide bonds. The van der Waals surface area contributed by atoms with Gasteiger partial charge in [0.1, 0.15) is 5.82 Å². The number of H-pyrrole nitrogens is 1. The van der Waals surface area contributed by atoms with Crippen LogP contribution in [0.2, 0.25) is 0 Å². The number of nitrogens with zero attached hydrogens (tertiary/aromatic N) is 1. The Bertz CT molecular complexity index is 1450. The Kier molecular flexibility index (Phi) is 6.36. The van der Waals surface area contributed by atoms with E-state index in [1.807, 2.05) is 49.4 Å². The maximum absolute atomic E-state index is 15.2. The Labute approximate surface area is 195 Å². The molecule has 0 aliphatic heterocycles. The summed E-state index contributed by atoms with van der Waals surface area (Å²) in [6.45, 7) is 1.94. The van der Waals surface area contributed by atoms with Crippen LogP contribution in [0.15, 0.2) is 72.9 Å². The number of benzene rings is 3. The Morgan fingerprint density at radius 3 is 2.38 bits per heavy atom. The van der Waals surface area contributed by atoms with E-state index in [0.717, 1.165) is 50.9 Å². The van der Waals surface area contributed by atoms with Crippen molar-refractivity contribution >= 4 is 40.0 Å². The lowest BCUT2D eigenvalue weighted by Crippen LogP contribution is -2.11. The minimum atomic E-state index is -1.03. The Balaban J connectivity index is 1.93. The van der Waals surface area contributed by atoms with E-state index in [-0.39, 0.29) is 5.56 Å². The van der Waals surface area contributed by atoms with Gasteiger partial charge in [-0.3, -0.25) is 9.89 Å². The number of hydrogen-bond acceptors (Lipinski definition) is 3. The highest BCUT2D eigenvalue weighted by atomic mass is 19.1. The van der Waals surface area contributed by atoms with E-state index >= 15 is 4.39 Å². The maximum Gasteiger partial charge on any atom is 0.328 e. The van der Waals surface area contributed by atoms with Gasteiger partial charge in [-0.1, -0.05) is 43.3 Å². The second kappa shape index (κ2) is 9.54. The first-order chi connectivity index (χ1) is 16.4. The van der Waals surface area contributed by atoms with Gasteiger partial charge < -0.3 is 10.8 Å². The number of carbonyl (C=O) groups is 2. The average Bonchev–Trinajstić information content (AvgIpc) is 3.30. The summed E-state index contributed by atoms with van der Waals surface area (Å²) in [6, 6.07) is 17.5. The first-order valence-corrected chi connectivity index (χ1v) is 10.6. The van der Waals surface area contributed by atoms with Gasteiger partial charge in [0.25, 0.3) is 0 Å². The number of hydrogen-bond donors (Lipinski definition) is 3. The minimum absolute atomic E-state index is 0.104. The molecule has 4 N–H and O–H groups in total. The number of primary amides is 1. The summed E-state index contributed by atoms with van der Waals surface area (Å²) in [7, 11) is 0. The van der Waals surface area contributed by atoms with Crippen molar-refractivity contribution in [2.24, 2.45) is 5.73 Å². The maximum atomic E-state index is 15.2. The molecule has 1 heterocycles. The molecule has 0 unspecified atom stereocenters. The SMILES string of the molecule is CC/C(=C(/c1ccc(/C=C/C(=O)O)cc1)c1ccc2[nH]ncc2c1)c1ccc(C(N)=O)cc1F. The third kappa shape index (κ3) is 4.63. The van der Waals surface area contributed by atoms with Crippen molar-refractivity contribution in [2.45, 2.75) is 13.3 Å². The number of amides is 1. The molecule has 4 rings (SSSR count). The monoisotopic (exact) mass is 455 g/mol. The van der Waals surface area contributed by atoms with E-state index in [1.165, 1.54) is 12.1 Å². The lowest BCUT2D eigenvalue weighted by molar-refractivity contribution is -0.131. The number of aromatic nitrogens is 2. The molecule has 0 bridgehead atoms. The predicted molar refractivity (Wildman–Crippen MR) is 130 cm³/mol. The van der Waals surface area contributed by atoms with Crippen LogP contribution in [0.5, 0.6) is 0 Å². The standard InChI is InChI=1S/C27H22FN3O3/c1-2-21(22-10-8-19(27(29)34)14-23(22)28)26(18-9-11-24-20(13-18)15-30-31-24)17-6-3-16(4-7-17)5-12-25(32)33/h3-15H,2H2,1H3,(H2,29,34)(H,30,31)(H,32,33)/b12-5+,26-21+. The number of halogens is 1. The number of nitrogens with two attached hydrogens (primary N) is 1. The van der Waals surface area contributed by atoms with Gasteiger partial charge in [0.05, 0.1) is 11.7 Å². The van der Waals surface area contributed by atoms with E-state index < -0.39 is 17.7 Å². The molecule has 0 fully saturated rings. The molecular weight excluding hydrogens is 433 g/mol. The number of fused-ring (bicyclic) bond motifs is 1. The number of carbonyl (C=O) groups excluding carboxylic acids is 1. The number of allylic oxidation sites excluding steroid dienone is 1. The summed E-state index contributed by atoms with van der Waals surface area (Å²) in [4.78, 5) is 22.3. The van der Waals surface area contributed by atoms with Crippen LogP contribution in [-0.2, 0) is 4.79 Å². The fourth-order valence-electron chi connectivity index (χ4n) is 3.96. The highest BCUT2D eigenvalue weighted by Gasteiger charge is 2.17. The second-order valence-electron chi connectivity index (χ2n) is 7.73. The van der Waals surface area contributed by atoms with Crippen molar-refractivity contribution in [1.29, 1.82) is 0 Å². The van der Waals surface area contributed by atoms with Crippen LogP contribution in [0.4, 0.5) is 4.39 Å². The summed E-state index contributed by atoms with van der Waals surface area (Å²) < 4.78 is 15.2. The molecule has 34 heavy (non-hydrogen) atoms. The number of nitrogens with one attached hydrogen (secondary N) is 1. The first kappa shape index (κ1) is 22.7. The molecule has 0 aliphatic carbocycles. The minimum Gasteiger partial charge on any atom is -0.478 e. The van der Waals surface area contributed by atoms with Gasteiger partial charge in [-0.25, -0.2) is 9.18 Å². The number of carboxylic acid groups (broad SMARTS) is 1. The quantitative estimate of drug-likeness (QED) is 0.261. The zero-order chi connectivity index (χ0) is 24.2. The largest absolute Gasteiger partial charge is 0.478 e. The van der Waals surface area contributed by atoms with Crippen LogP contribution in [0.1, 0.15) is 46.0 Å². The van der Waals surface area contributed by atoms with Crippen molar-refractivity contribution in [3.8, 4) is 0 Å². The van der Waals surface area contributed by atoms with Gasteiger partial charge in [0.2, 0.25) is 5.91 Å². The second-order valence-corrected chi connectivity index (χ2v) is 7.73. The number of carboxylic acids is 1. The zero-order valence-corrected chi connectivity index (χ0v) is 18.4. The molecule has 3 aromatic carbocycles. The van der Waals surface area contributed by atoms with Gasteiger partial charge in [0.15, 0.2) is 0 Å². The molecule has 4 aromatic rings. The number of aromatic amines is 1. The molecule has 0 saturated heterocycles. The smallest absolute Gasteiger partial charge is 0.328 e. The van der Waals surface area contributed by atoms with Crippen LogP contribution in [0, 0.1) is 5.82 Å². The molecule has 0 spiro atoms. The summed E-state index contributed by atoms with van der Waals surface area (Å²) in [5, 5.41) is 16.8. The Morgan fingerprint density at radius 1 is 1.03 bits per heavy atom. The van der Waals surface area contributed by atoms with E-state index in [4.69, 9.17) is 10.8 Å². The van der Waals surface area contributed by atoms with E-state index in [0.29, 0.717) is 12.0 Å². The summed E-state index contributed by atoms with van der Waals surface area (Å²) in [6.07, 6.45) is 4.83. The van der Waals surface area contributed by atoms with Crippen LogP contribution in [0.3, 0.4) is 0 Å². The molecule has 6 nitrogen and oxygen atoms in total. The van der Waals surface area contributed by atoms with Gasteiger partial charge in [-0.15, -0.1) is 0 Å². The number of aliphatic carboxylic acids is 1. The Hall–Kier alpha value is -4.52. The third-order valence-electron chi connectivity index (χ3n) is 5.58. The van der Waals surface area contributed by atoms with Gasteiger partial charge in [-0.05, 0) is 64.6 Å².